The molecule has 12 heteroatoms. The molecule has 1 aliphatic heterocycles. The summed E-state index contributed by atoms with van der Waals surface area (Å²) in [6.45, 7) is 1.64. The Kier molecular flexibility index (Phi) is 6.44. The lowest BCUT2D eigenvalue weighted by Gasteiger charge is -2.08. The quantitative estimate of drug-likeness (QED) is 0.507. The lowest BCUT2D eigenvalue weighted by molar-refractivity contribution is -0.152. The van der Waals surface area contributed by atoms with E-state index >= 15 is 0 Å². The molecule has 0 radical (unpaired) electrons. The molecule has 1 atom stereocenters. The van der Waals surface area contributed by atoms with Crippen molar-refractivity contribution in [2.45, 2.75) is 12.5 Å². The second-order valence-electron chi connectivity index (χ2n) is 4.79. The SMILES string of the molecule is Clc1ccc2nsnc2c1NC1=NCCN1.O=C(O)CC(O)C(=O)O. The van der Waals surface area contributed by atoms with Crippen molar-refractivity contribution in [2.75, 3.05) is 18.4 Å². The summed E-state index contributed by atoms with van der Waals surface area (Å²) in [5.41, 5.74) is 2.39. The number of nitrogens with one attached hydrogen (secondary N) is 2. The molecule has 0 aliphatic carbocycles. The summed E-state index contributed by atoms with van der Waals surface area (Å²) in [7, 11) is 0. The number of hydrogen-bond acceptors (Lipinski definition) is 9. The first-order valence-corrected chi connectivity index (χ1v) is 8.08. The maximum atomic E-state index is 9.72. The zero-order valence-corrected chi connectivity index (χ0v) is 14.2. The molecule has 0 amide bonds. The third-order valence-electron chi connectivity index (χ3n) is 2.95. The lowest BCUT2D eigenvalue weighted by Crippen LogP contribution is -2.26. The van der Waals surface area contributed by atoms with Crippen LogP contribution in [0.4, 0.5) is 5.69 Å². The van der Waals surface area contributed by atoms with Crippen molar-refractivity contribution in [1.29, 1.82) is 0 Å². The number of aliphatic carboxylic acids is 2. The fourth-order valence-corrected chi connectivity index (χ4v) is 2.54. The van der Waals surface area contributed by atoms with Crippen LogP contribution in [-0.4, -0.2) is 61.2 Å². The van der Waals surface area contributed by atoms with Crippen LogP contribution in [0, 0.1) is 0 Å². The van der Waals surface area contributed by atoms with Gasteiger partial charge in [-0.3, -0.25) is 9.79 Å². The van der Waals surface area contributed by atoms with E-state index in [1.54, 1.807) is 0 Å². The highest BCUT2D eigenvalue weighted by Crippen LogP contribution is 2.29. The van der Waals surface area contributed by atoms with Crippen molar-refractivity contribution in [1.82, 2.24) is 14.1 Å². The average molecular weight is 388 g/mol. The maximum absolute atomic E-state index is 9.72. The number of halogens is 1. The van der Waals surface area contributed by atoms with Gasteiger partial charge in [0.15, 0.2) is 12.1 Å². The highest BCUT2D eigenvalue weighted by Gasteiger charge is 2.16. The van der Waals surface area contributed by atoms with Crippen LogP contribution in [0.2, 0.25) is 5.02 Å². The van der Waals surface area contributed by atoms with Crippen molar-refractivity contribution in [3.8, 4) is 0 Å². The average Bonchev–Trinajstić information content (AvgIpc) is 3.21. The highest BCUT2D eigenvalue weighted by atomic mass is 35.5. The Morgan fingerprint density at radius 2 is 2.12 bits per heavy atom. The maximum Gasteiger partial charge on any atom is 0.333 e. The van der Waals surface area contributed by atoms with Gasteiger partial charge in [0.05, 0.1) is 35.4 Å². The second-order valence-corrected chi connectivity index (χ2v) is 5.72. The Balaban J connectivity index is 0.000000217. The van der Waals surface area contributed by atoms with E-state index in [1.807, 2.05) is 12.1 Å². The summed E-state index contributed by atoms with van der Waals surface area (Å²) in [4.78, 5) is 23.7. The molecule has 1 unspecified atom stereocenters. The van der Waals surface area contributed by atoms with E-state index in [2.05, 4.69) is 24.4 Å². The first kappa shape index (κ1) is 18.8. The van der Waals surface area contributed by atoms with Crippen LogP contribution >= 0.6 is 23.3 Å². The number of aromatic nitrogens is 2. The van der Waals surface area contributed by atoms with Gasteiger partial charge >= 0.3 is 11.9 Å². The molecule has 25 heavy (non-hydrogen) atoms. The van der Waals surface area contributed by atoms with Crippen molar-refractivity contribution in [3.63, 3.8) is 0 Å². The molecule has 0 saturated heterocycles. The molecule has 0 spiro atoms. The van der Waals surface area contributed by atoms with Crippen molar-refractivity contribution in [2.24, 2.45) is 4.99 Å². The number of aliphatic hydroxyl groups is 1. The minimum Gasteiger partial charge on any atom is -0.481 e. The number of carboxylic acid groups (broad SMARTS) is 2. The van der Waals surface area contributed by atoms with Gasteiger partial charge in [0.25, 0.3) is 0 Å². The molecule has 0 bridgehead atoms. The van der Waals surface area contributed by atoms with E-state index in [0.717, 1.165) is 35.8 Å². The number of aliphatic imine (C=N–C) groups is 1. The van der Waals surface area contributed by atoms with E-state index in [1.165, 1.54) is 11.7 Å². The zero-order valence-electron chi connectivity index (χ0n) is 12.6. The topological polar surface area (TPSA) is 157 Å². The van der Waals surface area contributed by atoms with Gasteiger partial charge in [-0.15, -0.1) is 0 Å². The molecule has 0 saturated carbocycles. The smallest absolute Gasteiger partial charge is 0.333 e. The highest BCUT2D eigenvalue weighted by molar-refractivity contribution is 7.00. The monoisotopic (exact) mass is 387 g/mol. The lowest BCUT2D eigenvalue weighted by atomic mass is 10.2. The largest absolute Gasteiger partial charge is 0.481 e. The van der Waals surface area contributed by atoms with Crippen molar-refractivity contribution in [3.05, 3.63) is 17.2 Å². The molecule has 3 rings (SSSR count). The molecule has 1 aromatic carbocycles. The third-order valence-corrected chi connectivity index (χ3v) is 3.81. The number of hydrogen-bond donors (Lipinski definition) is 5. The first-order chi connectivity index (χ1) is 11.9. The van der Waals surface area contributed by atoms with Crippen LogP contribution in [0.5, 0.6) is 0 Å². The molecule has 134 valence electrons. The molecular weight excluding hydrogens is 374 g/mol. The zero-order chi connectivity index (χ0) is 18.4. The number of carbonyl (C=O) groups is 2. The van der Waals surface area contributed by atoms with Gasteiger partial charge in [-0.05, 0) is 12.1 Å². The molecule has 1 aliphatic rings. The van der Waals surface area contributed by atoms with E-state index in [4.69, 9.17) is 26.9 Å². The van der Waals surface area contributed by atoms with Crippen molar-refractivity contribution >= 4 is 57.9 Å². The second kappa shape index (κ2) is 8.55. The number of benzene rings is 1. The summed E-state index contributed by atoms with van der Waals surface area (Å²) in [6.07, 6.45) is -2.54. The Morgan fingerprint density at radius 3 is 2.68 bits per heavy atom. The molecule has 2 aromatic rings. The van der Waals surface area contributed by atoms with Gasteiger partial charge < -0.3 is 26.0 Å². The molecule has 10 nitrogen and oxygen atoms in total. The van der Waals surface area contributed by atoms with E-state index in [9.17, 15) is 9.59 Å². The molecule has 5 N–H and O–H groups in total. The number of rotatable bonds is 4. The van der Waals surface area contributed by atoms with Gasteiger partial charge in [-0.1, -0.05) is 11.6 Å². The summed E-state index contributed by atoms with van der Waals surface area (Å²) in [5, 5.41) is 31.0. The van der Waals surface area contributed by atoms with Crippen LogP contribution < -0.4 is 10.6 Å². The molecule has 1 aromatic heterocycles. The van der Waals surface area contributed by atoms with E-state index in [0.29, 0.717) is 5.02 Å². The summed E-state index contributed by atoms with van der Waals surface area (Å²) < 4.78 is 8.39. The predicted molar refractivity (Wildman–Crippen MR) is 92.2 cm³/mol. The van der Waals surface area contributed by atoms with Crippen LogP contribution in [0.15, 0.2) is 17.1 Å². The predicted octanol–water partition coefficient (Wildman–Crippen LogP) is 0.622. The number of guanidine groups is 1. The van der Waals surface area contributed by atoms with Crippen molar-refractivity contribution < 1.29 is 24.9 Å². The normalized spacial score (nSPS) is 14.1. The van der Waals surface area contributed by atoms with Crippen LogP contribution in [0.3, 0.4) is 0 Å². The summed E-state index contributed by atoms with van der Waals surface area (Å²) in [5.74, 6) is -2.11. The first-order valence-electron chi connectivity index (χ1n) is 6.97. The Labute approximate surface area is 150 Å². The van der Waals surface area contributed by atoms with Gasteiger partial charge in [-0.2, -0.15) is 8.75 Å². The minimum atomic E-state index is -1.79. The van der Waals surface area contributed by atoms with Gasteiger partial charge in [0, 0.05) is 6.54 Å². The van der Waals surface area contributed by atoms with Gasteiger partial charge in [0.2, 0.25) is 0 Å². The Bertz CT molecular complexity index is 811. The molecule has 2 heterocycles. The minimum absolute atomic E-state index is 0.622. The van der Waals surface area contributed by atoms with E-state index < -0.39 is 24.5 Å². The number of nitrogens with zero attached hydrogens (tertiary/aromatic N) is 3. The van der Waals surface area contributed by atoms with Crippen LogP contribution in [0.25, 0.3) is 11.0 Å². The van der Waals surface area contributed by atoms with Gasteiger partial charge in [0.1, 0.15) is 11.0 Å². The fraction of sp³-hybridized carbons (Fsp3) is 0.308. The summed E-state index contributed by atoms with van der Waals surface area (Å²) >= 11 is 7.30. The Hall–Kier alpha value is -2.50. The number of carboxylic acids is 2. The van der Waals surface area contributed by atoms with Crippen LogP contribution in [0.1, 0.15) is 6.42 Å². The Morgan fingerprint density at radius 1 is 1.36 bits per heavy atom. The number of fused-ring (bicyclic) bond motifs is 1. The number of anilines is 1. The third kappa shape index (κ3) is 5.24. The van der Waals surface area contributed by atoms with Crippen LogP contribution in [-0.2, 0) is 9.59 Å². The molecular formula is C13H14ClN5O5S. The number of aliphatic hydroxyl groups excluding tert-OH is 1. The van der Waals surface area contributed by atoms with Gasteiger partial charge in [-0.25, -0.2) is 4.79 Å². The van der Waals surface area contributed by atoms with E-state index in [-0.39, 0.29) is 0 Å². The standard InChI is InChI=1S/C9H8ClN5S.C4H6O5/c10-5-1-2-6-8(15-16-14-6)7(5)13-9-11-3-4-12-9;5-2(4(8)9)1-3(6)7/h1-2H,3-4H2,(H2,11,12,13);2,5H,1H2,(H,6,7)(H,8,9). The summed E-state index contributed by atoms with van der Waals surface area (Å²) in [6, 6.07) is 3.67. The molecule has 0 fully saturated rings. The fourth-order valence-electron chi connectivity index (χ4n) is 1.80.